The number of para-hydroxylation sites is 1. The zero-order chi connectivity index (χ0) is 15.4. The highest BCUT2D eigenvalue weighted by molar-refractivity contribution is 5.93. The van der Waals surface area contributed by atoms with Crippen LogP contribution in [0, 0.1) is 17.0 Å². The summed E-state index contributed by atoms with van der Waals surface area (Å²) < 4.78 is 0. The molecule has 3 N–H and O–H groups in total. The number of aryl methyl sites for hydroxylation is 1. The summed E-state index contributed by atoms with van der Waals surface area (Å²) in [6.07, 6.45) is 0. The Labute approximate surface area is 121 Å². The first kappa shape index (κ1) is 14.5. The molecular weight excluding hydrogens is 270 g/mol. The standard InChI is InChI=1S/C15H15N3O3/c1-10-8-11(15(16)19)6-7-13(10)17-9-12-4-2-3-5-14(12)18(20)21/h2-8,17H,9H2,1H3,(H2,16,19). The van der Waals surface area contributed by atoms with Gasteiger partial charge < -0.3 is 11.1 Å². The topological polar surface area (TPSA) is 98.3 Å². The van der Waals surface area contributed by atoms with Crippen molar-refractivity contribution in [1.29, 1.82) is 0 Å². The van der Waals surface area contributed by atoms with Crippen molar-refractivity contribution in [1.82, 2.24) is 0 Å². The minimum Gasteiger partial charge on any atom is -0.380 e. The summed E-state index contributed by atoms with van der Waals surface area (Å²) in [5.41, 5.74) is 7.98. The van der Waals surface area contributed by atoms with E-state index in [1.807, 2.05) is 6.92 Å². The highest BCUT2D eigenvalue weighted by Crippen LogP contribution is 2.21. The third-order valence-electron chi connectivity index (χ3n) is 3.17. The lowest BCUT2D eigenvalue weighted by atomic mass is 10.1. The number of carbonyl (C=O) groups excluding carboxylic acids is 1. The lowest BCUT2D eigenvalue weighted by Crippen LogP contribution is -2.11. The van der Waals surface area contributed by atoms with Gasteiger partial charge in [-0.15, -0.1) is 0 Å². The largest absolute Gasteiger partial charge is 0.380 e. The molecule has 2 aromatic carbocycles. The van der Waals surface area contributed by atoms with E-state index in [0.29, 0.717) is 17.7 Å². The molecular formula is C15H15N3O3. The molecule has 1 amide bonds. The van der Waals surface area contributed by atoms with E-state index >= 15 is 0 Å². The molecule has 0 unspecified atom stereocenters. The summed E-state index contributed by atoms with van der Waals surface area (Å²) >= 11 is 0. The van der Waals surface area contributed by atoms with Crippen LogP contribution in [0.3, 0.4) is 0 Å². The molecule has 0 spiro atoms. The molecule has 21 heavy (non-hydrogen) atoms. The number of hydrogen-bond donors (Lipinski definition) is 2. The second kappa shape index (κ2) is 6.04. The number of nitrogens with one attached hydrogen (secondary N) is 1. The molecule has 108 valence electrons. The Balaban J connectivity index is 2.17. The molecule has 6 heteroatoms. The molecule has 0 aromatic heterocycles. The van der Waals surface area contributed by atoms with Gasteiger partial charge >= 0.3 is 0 Å². The minimum absolute atomic E-state index is 0.0800. The Morgan fingerprint density at radius 1 is 1.29 bits per heavy atom. The number of nitro groups is 1. The molecule has 0 bridgehead atoms. The van der Waals surface area contributed by atoms with E-state index in [1.54, 1.807) is 36.4 Å². The molecule has 0 aliphatic rings. The average Bonchev–Trinajstić information content (AvgIpc) is 2.46. The number of benzene rings is 2. The molecule has 0 saturated heterocycles. The summed E-state index contributed by atoms with van der Waals surface area (Å²) in [4.78, 5) is 21.6. The fourth-order valence-electron chi connectivity index (χ4n) is 2.04. The maximum absolute atomic E-state index is 11.1. The van der Waals surface area contributed by atoms with Crippen LogP contribution in [0.15, 0.2) is 42.5 Å². The van der Waals surface area contributed by atoms with Crippen molar-refractivity contribution < 1.29 is 9.72 Å². The van der Waals surface area contributed by atoms with Crippen LogP contribution in [0.4, 0.5) is 11.4 Å². The Morgan fingerprint density at radius 3 is 2.62 bits per heavy atom. The predicted octanol–water partition coefficient (Wildman–Crippen LogP) is 2.61. The number of amides is 1. The van der Waals surface area contributed by atoms with E-state index in [9.17, 15) is 14.9 Å². The van der Waals surface area contributed by atoms with E-state index in [4.69, 9.17) is 5.73 Å². The number of hydrogen-bond acceptors (Lipinski definition) is 4. The average molecular weight is 285 g/mol. The number of nitrogens with two attached hydrogens (primary N) is 1. The zero-order valence-electron chi connectivity index (χ0n) is 11.5. The lowest BCUT2D eigenvalue weighted by molar-refractivity contribution is -0.385. The summed E-state index contributed by atoms with van der Waals surface area (Å²) in [5, 5.41) is 14.1. The summed E-state index contributed by atoms with van der Waals surface area (Å²) in [5.74, 6) is -0.483. The van der Waals surface area contributed by atoms with Crippen molar-refractivity contribution in [3.63, 3.8) is 0 Å². The monoisotopic (exact) mass is 285 g/mol. The van der Waals surface area contributed by atoms with Gasteiger partial charge in [-0.05, 0) is 30.7 Å². The van der Waals surface area contributed by atoms with E-state index in [-0.39, 0.29) is 5.69 Å². The van der Waals surface area contributed by atoms with Crippen molar-refractivity contribution in [2.45, 2.75) is 13.5 Å². The van der Waals surface area contributed by atoms with Crippen LogP contribution < -0.4 is 11.1 Å². The third kappa shape index (κ3) is 3.36. The van der Waals surface area contributed by atoms with E-state index in [1.165, 1.54) is 6.07 Å². The fraction of sp³-hybridized carbons (Fsp3) is 0.133. The quantitative estimate of drug-likeness (QED) is 0.651. The number of carbonyl (C=O) groups is 1. The van der Waals surface area contributed by atoms with Gasteiger partial charge in [-0.1, -0.05) is 18.2 Å². The SMILES string of the molecule is Cc1cc(C(N)=O)ccc1NCc1ccccc1[N+](=O)[O-]. The van der Waals surface area contributed by atoms with Crippen LogP contribution in [-0.2, 0) is 6.54 Å². The Morgan fingerprint density at radius 2 is 2.00 bits per heavy atom. The first-order valence-electron chi connectivity index (χ1n) is 6.35. The lowest BCUT2D eigenvalue weighted by Gasteiger charge is -2.10. The van der Waals surface area contributed by atoms with Crippen molar-refractivity contribution >= 4 is 17.3 Å². The normalized spacial score (nSPS) is 10.1. The minimum atomic E-state index is -0.483. The maximum atomic E-state index is 11.1. The van der Waals surface area contributed by atoms with Gasteiger partial charge in [0, 0.05) is 29.4 Å². The zero-order valence-corrected chi connectivity index (χ0v) is 11.5. The Kier molecular flexibility index (Phi) is 4.18. The smallest absolute Gasteiger partial charge is 0.274 e. The number of primary amides is 1. The van der Waals surface area contributed by atoms with Gasteiger partial charge in [-0.3, -0.25) is 14.9 Å². The Bertz CT molecular complexity index is 698. The third-order valence-corrected chi connectivity index (χ3v) is 3.17. The highest BCUT2D eigenvalue weighted by atomic mass is 16.6. The first-order chi connectivity index (χ1) is 9.99. The van der Waals surface area contributed by atoms with Gasteiger partial charge in [-0.2, -0.15) is 0 Å². The van der Waals surface area contributed by atoms with Crippen molar-refractivity contribution in [2.75, 3.05) is 5.32 Å². The summed E-state index contributed by atoms with van der Waals surface area (Å²) in [6, 6.07) is 11.6. The second-order valence-corrected chi connectivity index (χ2v) is 4.63. The van der Waals surface area contributed by atoms with Gasteiger partial charge in [0.15, 0.2) is 0 Å². The van der Waals surface area contributed by atoms with Crippen LogP contribution >= 0.6 is 0 Å². The van der Waals surface area contributed by atoms with Crippen molar-refractivity contribution in [2.24, 2.45) is 5.73 Å². The van der Waals surface area contributed by atoms with E-state index in [0.717, 1.165) is 11.3 Å². The van der Waals surface area contributed by atoms with Crippen LogP contribution in [0.2, 0.25) is 0 Å². The van der Waals surface area contributed by atoms with Gasteiger partial charge in [0.1, 0.15) is 0 Å². The molecule has 0 saturated carbocycles. The first-order valence-corrected chi connectivity index (χ1v) is 6.35. The van der Waals surface area contributed by atoms with Crippen LogP contribution in [0.5, 0.6) is 0 Å². The number of anilines is 1. The van der Waals surface area contributed by atoms with Gasteiger partial charge in [0.25, 0.3) is 5.69 Å². The van der Waals surface area contributed by atoms with Crippen molar-refractivity contribution in [3.8, 4) is 0 Å². The van der Waals surface area contributed by atoms with Crippen LogP contribution in [0.25, 0.3) is 0 Å². The second-order valence-electron chi connectivity index (χ2n) is 4.63. The molecule has 0 radical (unpaired) electrons. The van der Waals surface area contributed by atoms with Gasteiger partial charge in [0.05, 0.1) is 4.92 Å². The molecule has 0 heterocycles. The van der Waals surface area contributed by atoms with E-state index in [2.05, 4.69) is 5.32 Å². The molecule has 6 nitrogen and oxygen atoms in total. The van der Waals surface area contributed by atoms with Crippen molar-refractivity contribution in [3.05, 3.63) is 69.3 Å². The molecule has 2 rings (SSSR count). The van der Waals surface area contributed by atoms with Crippen LogP contribution in [0.1, 0.15) is 21.5 Å². The highest BCUT2D eigenvalue weighted by Gasteiger charge is 2.12. The number of rotatable bonds is 5. The Hall–Kier alpha value is -2.89. The summed E-state index contributed by atoms with van der Waals surface area (Å²) in [6.45, 7) is 2.17. The molecule has 0 fully saturated rings. The number of nitrogens with zero attached hydrogens (tertiary/aromatic N) is 1. The molecule has 0 aliphatic heterocycles. The molecule has 0 aliphatic carbocycles. The van der Waals surface area contributed by atoms with Gasteiger partial charge in [-0.25, -0.2) is 0 Å². The molecule has 2 aromatic rings. The van der Waals surface area contributed by atoms with Crippen LogP contribution in [-0.4, -0.2) is 10.8 Å². The maximum Gasteiger partial charge on any atom is 0.274 e. The van der Waals surface area contributed by atoms with Gasteiger partial charge in [0.2, 0.25) is 5.91 Å². The predicted molar refractivity (Wildman–Crippen MR) is 80.1 cm³/mol. The molecule has 0 atom stereocenters. The van der Waals surface area contributed by atoms with E-state index < -0.39 is 10.8 Å². The fourth-order valence-corrected chi connectivity index (χ4v) is 2.04. The number of nitro benzene ring substituents is 1. The summed E-state index contributed by atoms with van der Waals surface area (Å²) in [7, 11) is 0.